The van der Waals surface area contributed by atoms with E-state index in [2.05, 4.69) is 41.0 Å². The minimum Gasteiger partial charge on any atom is -0.469 e. The van der Waals surface area contributed by atoms with Crippen LogP contribution in [0.4, 0.5) is 5.69 Å². The first-order valence-electron chi connectivity index (χ1n) is 7.22. The number of nitrogens with two attached hydrogens (primary N) is 1. The van der Waals surface area contributed by atoms with Crippen molar-refractivity contribution in [2.75, 3.05) is 19.0 Å². The molecule has 6 heteroatoms. The number of hydrogen-bond donors (Lipinski definition) is 2. The fourth-order valence-electron chi connectivity index (χ4n) is 1.83. The fourth-order valence-corrected chi connectivity index (χ4v) is 1.83. The van der Waals surface area contributed by atoms with E-state index in [9.17, 15) is 4.79 Å². The molecule has 0 aliphatic rings. The predicted octanol–water partition coefficient (Wildman–Crippen LogP) is 3.35. The van der Waals surface area contributed by atoms with Gasteiger partial charge in [-0.05, 0) is 30.0 Å². The van der Waals surface area contributed by atoms with Gasteiger partial charge in [0.15, 0.2) is 5.96 Å². The van der Waals surface area contributed by atoms with E-state index in [0.29, 0.717) is 18.4 Å². The number of benzene rings is 1. The quantitative estimate of drug-likeness (QED) is 0.321. The van der Waals surface area contributed by atoms with E-state index in [1.54, 1.807) is 6.92 Å². The first-order chi connectivity index (χ1) is 9.97. The van der Waals surface area contributed by atoms with Crippen LogP contribution in [-0.4, -0.2) is 25.6 Å². The highest BCUT2D eigenvalue weighted by Crippen LogP contribution is 2.20. The van der Waals surface area contributed by atoms with Crippen molar-refractivity contribution in [1.29, 1.82) is 0 Å². The lowest BCUT2D eigenvalue weighted by molar-refractivity contribution is -0.144. The molecule has 1 aromatic carbocycles. The first kappa shape index (κ1) is 20.7. The van der Waals surface area contributed by atoms with Crippen molar-refractivity contribution in [3.8, 4) is 0 Å². The van der Waals surface area contributed by atoms with Crippen LogP contribution in [0.25, 0.3) is 0 Å². The number of anilines is 1. The normalized spacial score (nSPS) is 13.7. The summed E-state index contributed by atoms with van der Waals surface area (Å²) in [6, 6.07) is 8.13. The molecule has 2 atom stereocenters. The van der Waals surface area contributed by atoms with E-state index in [4.69, 9.17) is 5.73 Å². The monoisotopic (exact) mass is 419 g/mol. The van der Waals surface area contributed by atoms with Gasteiger partial charge in [0.1, 0.15) is 0 Å². The molecular weight excluding hydrogens is 393 g/mol. The van der Waals surface area contributed by atoms with Crippen molar-refractivity contribution < 1.29 is 9.53 Å². The molecule has 0 spiro atoms. The van der Waals surface area contributed by atoms with Crippen LogP contribution >= 0.6 is 24.0 Å². The molecule has 0 bridgehead atoms. The minimum atomic E-state index is -0.303. The number of aliphatic imine (C=N–C) groups is 1. The smallest absolute Gasteiger partial charge is 0.310 e. The Bertz CT molecular complexity index is 489. The molecule has 0 aromatic heterocycles. The van der Waals surface area contributed by atoms with E-state index in [1.165, 1.54) is 12.7 Å². The maximum absolute atomic E-state index is 11.3. The molecule has 1 rings (SSSR count). The molecule has 0 aliphatic carbocycles. The predicted molar refractivity (Wildman–Crippen MR) is 102 cm³/mol. The zero-order valence-corrected chi connectivity index (χ0v) is 16.0. The van der Waals surface area contributed by atoms with Crippen LogP contribution in [0.3, 0.4) is 0 Å². The minimum absolute atomic E-state index is 0. The lowest BCUT2D eigenvalue weighted by Crippen LogP contribution is -2.25. The Hall–Kier alpha value is -1.31. The summed E-state index contributed by atoms with van der Waals surface area (Å²) in [4.78, 5) is 15.4. The van der Waals surface area contributed by atoms with Gasteiger partial charge in [-0.1, -0.05) is 32.9 Å². The molecule has 0 amide bonds. The summed E-state index contributed by atoms with van der Waals surface area (Å²) in [5.41, 5.74) is 7.99. The number of halogens is 1. The lowest BCUT2D eigenvalue weighted by atomic mass is 9.99. The number of carbonyl (C=O) groups is 1. The first-order valence-corrected chi connectivity index (χ1v) is 7.22. The van der Waals surface area contributed by atoms with Gasteiger partial charge in [0, 0.05) is 5.69 Å². The van der Waals surface area contributed by atoms with E-state index < -0.39 is 0 Å². The summed E-state index contributed by atoms with van der Waals surface area (Å²) in [5, 5.41) is 3.01. The van der Waals surface area contributed by atoms with Crippen LogP contribution < -0.4 is 11.1 Å². The molecule has 0 fully saturated rings. The molecule has 0 saturated carbocycles. The second kappa shape index (κ2) is 10.4. The van der Waals surface area contributed by atoms with Crippen molar-refractivity contribution in [3.05, 3.63) is 29.8 Å². The zero-order chi connectivity index (χ0) is 15.8. The summed E-state index contributed by atoms with van der Waals surface area (Å²) < 4.78 is 4.64. The zero-order valence-electron chi connectivity index (χ0n) is 13.6. The second-order valence-electron chi connectivity index (χ2n) is 5.21. The second-order valence-corrected chi connectivity index (χ2v) is 5.21. The highest BCUT2D eigenvalue weighted by atomic mass is 127. The third kappa shape index (κ3) is 6.64. The van der Waals surface area contributed by atoms with Crippen molar-refractivity contribution in [1.82, 2.24) is 0 Å². The Balaban J connectivity index is 0.00000441. The maximum Gasteiger partial charge on any atom is 0.310 e. The molecule has 5 nitrogen and oxygen atoms in total. The van der Waals surface area contributed by atoms with Gasteiger partial charge in [0.05, 0.1) is 19.6 Å². The molecule has 0 radical (unpaired) electrons. The van der Waals surface area contributed by atoms with Crippen molar-refractivity contribution in [2.45, 2.75) is 33.1 Å². The molecule has 124 valence electrons. The molecule has 0 aliphatic heterocycles. The molecule has 0 saturated heterocycles. The van der Waals surface area contributed by atoms with Gasteiger partial charge >= 0.3 is 5.97 Å². The van der Waals surface area contributed by atoms with Crippen LogP contribution in [0.15, 0.2) is 29.3 Å². The van der Waals surface area contributed by atoms with Crippen molar-refractivity contribution in [3.63, 3.8) is 0 Å². The summed E-state index contributed by atoms with van der Waals surface area (Å²) in [5.74, 6) is 0.251. The van der Waals surface area contributed by atoms with Gasteiger partial charge in [-0.15, -0.1) is 24.0 Å². The van der Waals surface area contributed by atoms with E-state index in [1.807, 2.05) is 12.1 Å². The molecule has 1 aromatic rings. The van der Waals surface area contributed by atoms with E-state index in [0.717, 1.165) is 12.1 Å². The number of nitrogens with one attached hydrogen (secondary N) is 1. The number of nitrogens with zero attached hydrogens (tertiary/aromatic N) is 1. The number of carbonyl (C=O) groups excluding carboxylic acids is 1. The van der Waals surface area contributed by atoms with E-state index in [-0.39, 0.29) is 35.9 Å². The summed E-state index contributed by atoms with van der Waals surface area (Å²) in [7, 11) is 1.36. The standard InChI is InChI=1S/C16H25N3O2.HI/c1-5-11(2)13-6-8-14(9-7-13)19-16(17)18-10-12(3)15(20)21-4;/h6-9,11-12H,5,10H2,1-4H3,(H3,17,18,19);1H. The Morgan fingerprint density at radius 3 is 2.41 bits per heavy atom. The third-order valence-corrected chi connectivity index (χ3v) is 3.50. The van der Waals surface area contributed by atoms with Crippen molar-refractivity contribution in [2.24, 2.45) is 16.6 Å². The highest BCUT2D eigenvalue weighted by Gasteiger charge is 2.12. The summed E-state index contributed by atoms with van der Waals surface area (Å²) in [6.07, 6.45) is 1.11. The third-order valence-electron chi connectivity index (χ3n) is 3.50. The molecule has 22 heavy (non-hydrogen) atoms. The van der Waals surface area contributed by atoms with Crippen LogP contribution in [-0.2, 0) is 9.53 Å². The fraction of sp³-hybridized carbons (Fsp3) is 0.500. The molecule has 3 N–H and O–H groups in total. The van der Waals surface area contributed by atoms with Crippen LogP contribution in [0, 0.1) is 5.92 Å². The Morgan fingerprint density at radius 2 is 1.91 bits per heavy atom. The van der Waals surface area contributed by atoms with Gasteiger partial charge in [-0.25, -0.2) is 0 Å². The Kier molecular flexibility index (Phi) is 9.80. The summed E-state index contributed by atoms with van der Waals surface area (Å²) in [6.45, 7) is 6.43. The molecular formula is C16H26IN3O2. The SMILES string of the molecule is CCC(C)c1ccc(NC(N)=NCC(C)C(=O)OC)cc1.I. The number of ether oxygens (including phenoxy) is 1. The number of rotatable bonds is 6. The number of hydrogen-bond acceptors (Lipinski definition) is 3. The lowest BCUT2D eigenvalue weighted by Gasteiger charge is -2.11. The molecule has 0 heterocycles. The van der Waals surface area contributed by atoms with Gasteiger partial charge in [0.25, 0.3) is 0 Å². The van der Waals surface area contributed by atoms with Gasteiger partial charge in [-0.3, -0.25) is 9.79 Å². The van der Waals surface area contributed by atoms with Gasteiger partial charge in [-0.2, -0.15) is 0 Å². The topological polar surface area (TPSA) is 76.7 Å². The summed E-state index contributed by atoms with van der Waals surface area (Å²) >= 11 is 0. The number of guanidine groups is 1. The van der Waals surface area contributed by atoms with Gasteiger partial charge in [0.2, 0.25) is 0 Å². The van der Waals surface area contributed by atoms with Crippen molar-refractivity contribution >= 4 is 41.6 Å². The Morgan fingerprint density at radius 1 is 1.32 bits per heavy atom. The maximum atomic E-state index is 11.3. The number of esters is 1. The molecule has 2 unspecified atom stereocenters. The number of methoxy groups -OCH3 is 1. The average Bonchev–Trinajstić information content (AvgIpc) is 2.51. The van der Waals surface area contributed by atoms with Gasteiger partial charge < -0.3 is 15.8 Å². The largest absolute Gasteiger partial charge is 0.469 e. The Labute approximate surface area is 149 Å². The van der Waals surface area contributed by atoms with Crippen LogP contribution in [0.2, 0.25) is 0 Å². The average molecular weight is 419 g/mol. The van der Waals surface area contributed by atoms with Crippen LogP contribution in [0.5, 0.6) is 0 Å². The van der Waals surface area contributed by atoms with Crippen LogP contribution in [0.1, 0.15) is 38.7 Å². The highest BCUT2D eigenvalue weighted by molar-refractivity contribution is 14.0. The van der Waals surface area contributed by atoms with E-state index >= 15 is 0 Å².